The Kier molecular flexibility index (Phi) is 4.69. The number of carbonyl (C=O) groups is 2. The number of ether oxygens (including phenoxy) is 1. The highest BCUT2D eigenvalue weighted by Gasteiger charge is 2.30. The van der Waals surface area contributed by atoms with Crippen molar-refractivity contribution in [2.75, 3.05) is 10.6 Å². The Morgan fingerprint density at radius 3 is 2.37 bits per heavy atom. The molecule has 0 aliphatic carbocycles. The lowest BCUT2D eigenvalue weighted by Gasteiger charge is -2.11. The number of aryl methyl sites for hydroxylation is 1. The van der Waals surface area contributed by atoms with Gasteiger partial charge < -0.3 is 15.4 Å². The fourth-order valence-electron chi connectivity index (χ4n) is 3.03. The summed E-state index contributed by atoms with van der Waals surface area (Å²) < 4.78 is 43.8. The lowest BCUT2D eigenvalue weighted by Crippen LogP contribution is -2.14. The van der Waals surface area contributed by atoms with E-state index in [9.17, 15) is 22.8 Å². The molecule has 8 heteroatoms. The molecule has 0 fully saturated rings. The number of halogens is 3. The van der Waals surface area contributed by atoms with E-state index in [4.69, 9.17) is 4.74 Å². The van der Waals surface area contributed by atoms with Gasteiger partial charge in [0.15, 0.2) is 5.75 Å². The van der Waals surface area contributed by atoms with Crippen LogP contribution in [0, 0.1) is 6.92 Å². The second-order valence-electron chi connectivity index (χ2n) is 6.80. The normalized spacial score (nSPS) is 12.7. The Labute approximate surface area is 169 Å². The van der Waals surface area contributed by atoms with E-state index in [2.05, 4.69) is 10.6 Å². The lowest BCUT2D eigenvalue weighted by molar-refractivity contribution is -0.137. The molecule has 4 rings (SSSR count). The first-order valence-corrected chi connectivity index (χ1v) is 8.93. The summed E-state index contributed by atoms with van der Waals surface area (Å²) in [5.41, 5.74) is 1.22. The van der Waals surface area contributed by atoms with Crippen molar-refractivity contribution < 1.29 is 27.5 Å². The zero-order chi connectivity index (χ0) is 21.5. The third-order valence-electron chi connectivity index (χ3n) is 4.56. The third kappa shape index (κ3) is 3.84. The van der Waals surface area contributed by atoms with E-state index < -0.39 is 23.6 Å². The topological polar surface area (TPSA) is 67.4 Å². The van der Waals surface area contributed by atoms with Crippen molar-refractivity contribution in [2.24, 2.45) is 0 Å². The molecule has 0 unspecified atom stereocenters. The molecule has 3 aromatic carbocycles. The van der Waals surface area contributed by atoms with Crippen LogP contribution in [0.25, 0.3) is 0 Å². The van der Waals surface area contributed by atoms with Gasteiger partial charge in [0.1, 0.15) is 5.75 Å². The first-order valence-electron chi connectivity index (χ1n) is 8.93. The average Bonchev–Trinajstić information content (AvgIpc) is 2.83. The molecule has 5 nitrogen and oxygen atoms in total. The summed E-state index contributed by atoms with van der Waals surface area (Å²) in [4.78, 5) is 25.0. The van der Waals surface area contributed by atoms with Crippen LogP contribution in [0.1, 0.15) is 31.8 Å². The molecule has 0 spiro atoms. The molecule has 0 bridgehead atoms. The van der Waals surface area contributed by atoms with Crippen molar-refractivity contribution in [3.8, 4) is 11.5 Å². The number of carbonyl (C=O) groups excluding carboxylic acids is 2. The van der Waals surface area contributed by atoms with Gasteiger partial charge in [-0.3, -0.25) is 9.59 Å². The van der Waals surface area contributed by atoms with Gasteiger partial charge in [-0.15, -0.1) is 0 Å². The Morgan fingerprint density at radius 2 is 1.67 bits per heavy atom. The van der Waals surface area contributed by atoms with Gasteiger partial charge in [-0.2, -0.15) is 13.2 Å². The molecule has 152 valence electrons. The van der Waals surface area contributed by atoms with Gasteiger partial charge in [0, 0.05) is 11.3 Å². The van der Waals surface area contributed by atoms with Gasteiger partial charge >= 0.3 is 6.18 Å². The zero-order valence-electron chi connectivity index (χ0n) is 15.6. The molecule has 0 saturated carbocycles. The van der Waals surface area contributed by atoms with Crippen molar-refractivity contribution in [2.45, 2.75) is 13.1 Å². The number of alkyl halides is 3. The standard InChI is InChI=1S/C22H15F3N2O3/c1-12-2-8-19-17(10-12)27-21(29)16-11-15(7-9-18(16)30-19)26-20(28)13-3-5-14(6-4-13)22(23,24)25/h2-11H,1H3,(H,26,28)(H,27,29). The van der Waals surface area contributed by atoms with Crippen molar-refractivity contribution in [1.29, 1.82) is 0 Å². The summed E-state index contributed by atoms with van der Waals surface area (Å²) in [6.07, 6.45) is -4.48. The summed E-state index contributed by atoms with van der Waals surface area (Å²) in [5, 5.41) is 5.35. The van der Waals surface area contributed by atoms with E-state index in [1.54, 1.807) is 24.3 Å². The highest BCUT2D eigenvalue weighted by Crippen LogP contribution is 2.37. The van der Waals surface area contributed by atoms with E-state index in [1.807, 2.05) is 13.0 Å². The molecule has 1 aliphatic heterocycles. The second-order valence-corrected chi connectivity index (χ2v) is 6.80. The van der Waals surface area contributed by atoms with Crippen LogP contribution < -0.4 is 15.4 Å². The molecule has 0 atom stereocenters. The van der Waals surface area contributed by atoms with E-state index in [0.717, 1.165) is 29.8 Å². The number of benzene rings is 3. The van der Waals surface area contributed by atoms with Crippen LogP contribution in [0.15, 0.2) is 60.7 Å². The van der Waals surface area contributed by atoms with Crippen molar-refractivity contribution in [1.82, 2.24) is 0 Å². The predicted octanol–water partition coefficient (Wildman–Crippen LogP) is 5.62. The van der Waals surface area contributed by atoms with E-state index in [-0.39, 0.29) is 11.1 Å². The molecular formula is C22H15F3N2O3. The van der Waals surface area contributed by atoms with Crippen molar-refractivity contribution in [3.05, 3.63) is 82.9 Å². The zero-order valence-corrected chi connectivity index (χ0v) is 15.6. The minimum absolute atomic E-state index is 0.0570. The largest absolute Gasteiger partial charge is 0.454 e. The summed E-state index contributed by atoms with van der Waals surface area (Å²) in [7, 11) is 0. The number of nitrogens with one attached hydrogen (secondary N) is 2. The van der Waals surface area contributed by atoms with E-state index in [0.29, 0.717) is 22.9 Å². The first-order chi connectivity index (χ1) is 14.2. The quantitative estimate of drug-likeness (QED) is 0.574. The number of anilines is 2. The fourth-order valence-corrected chi connectivity index (χ4v) is 3.03. The number of hydrogen-bond acceptors (Lipinski definition) is 3. The van der Waals surface area contributed by atoms with Crippen LogP contribution in [0.2, 0.25) is 0 Å². The van der Waals surface area contributed by atoms with Gasteiger partial charge in [0.25, 0.3) is 11.8 Å². The van der Waals surface area contributed by atoms with Crippen LogP contribution in [0.3, 0.4) is 0 Å². The Balaban J connectivity index is 1.56. The second kappa shape index (κ2) is 7.22. The molecule has 2 N–H and O–H groups in total. The van der Waals surface area contributed by atoms with E-state index >= 15 is 0 Å². The Hall–Kier alpha value is -3.81. The summed E-state index contributed by atoms with van der Waals surface area (Å²) >= 11 is 0. The van der Waals surface area contributed by atoms with Gasteiger partial charge in [-0.25, -0.2) is 0 Å². The van der Waals surface area contributed by atoms with Gasteiger partial charge in [0.2, 0.25) is 0 Å². The summed E-state index contributed by atoms with van der Waals surface area (Å²) in [6, 6.07) is 13.8. The van der Waals surface area contributed by atoms with Crippen molar-refractivity contribution in [3.63, 3.8) is 0 Å². The summed E-state index contributed by atoms with van der Waals surface area (Å²) in [6.45, 7) is 1.89. The molecule has 0 aromatic heterocycles. The highest BCUT2D eigenvalue weighted by molar-refractivity contribution is 6.10. The Morgan fingerprint density at radius 1 is 0.967 bits per heavy atom. The minimum Gasteiger partial charge on any atom is -0.454 e. The molecule has 2 amide bonds. The smallest absolute Gasteiger partial charge is 0.416 e. The molecule has 0 saturated heterocycles. The molecule has 1 heterocycles. The first kappa shape index (κ1) is 19.5. The maximum atomic E-state index is 12.7. The predicted molar refractivity (Wildman–Crippen MR) is 105 cm³/mol. The van der Waals surface area contributed by atoms with Gasteiger partial charge in [-0.1, -0.05) is 6.07 Å². The maximum Gasteiger partial charge on any atom is 0.416 e. The van der Waals surface area contributed by atoms with Gasteiger partial charge in [0.05, 0.1) is 16.8 Å². The fraction of sp³-hybridized carbons (Fsp3) is 0.0909. The maximum absolute atomic E-state index is 12.7. The molecule has 0 radical (unpaired) electrons. The van der Waals surface area contributed by atoms with Crippen LogP contribution in [0.5, 0.6) is 11.5 Å². The summed E-state index contributed by atoms with van der Waals surface area (Å²) in [5.74, 6) is -0.186. The minimum atomic E-state index is -4.48. The SMILES string of the molecule is Cc1ccc2c(c1)NC(=O)c1cc(NC(=O)c3ccc(C(F)(F)F)cc3)ccc1O2. The molecule has 30 heavy (non-hydrogen) atoms. The number of hydrogen-bond donors (Lipinski definition) is 2. The van der Waals surface area contributed by atoms with Crippen LogP contribution >= 0.6 is 0 Å². The monoisotopic (exact) mass is 412 g/mol. The third-order valence-corrected chi connectivity index (χ3v) is 4.56. The Bertz CT molecular complexity index is 1160. The average molecular weight is 412 g/mol. The lowest BCUT2D eigenvalue weighted by atomic mass is 10.1. The van der Waals surface area contributed by atoms with Crippen molar-refractivity contribution >= 4 is 23.2 Å². The van der Waals surface area contributed by atoms with Gasteiger partial charge in [-0.05, 0) is 67.1 Å². The van der Waals surface area contributed by atoms with Crippen LogP contribution in [-0.4, -0.2) is 11.8 Å². The number of fused-ring (bicyclic) bond motifs is 2. The number of rotatable bonds is 2. The van der Waals surface area contributed by atoms with E-state index in [1.165, 1.54) is 6.07 Å². The molecule has 1 aliphatic rings. The molecule has 3 aromatic rings. The molecular weight excluding hydrogens is 397 g/mol. The highest BCUT2D eigenvalue weighted by atomic mass is 19.4. The van der Waals surface area contributed by atoms with Crippen LogP contribution in [0.4, 0.5) is 24.5 Å². The van der Waals surface area contributed by atoms with Crippen LogP contribution in [-0.2, 0) is 6.18 Å². The number of amides is 2.